The van der Waals surface area contributed by atoms with Crippen LogP contribution in [0.4, 0.5) is 0 Å². The van der Waals surface area contributed by atoms with E-state index in [-0.39, 0.29) is 0 Å². The van der Waals surface area contributed by atoms with Gasteiger partial charge in [0.25, 0.3) is 0 Å². The molecule has 0 saturated heterocycles. The van der Waals surface area contributed by atoms with Gasteiger partial charge in [0.2, 0.25) is 0 Å². The summed E-state index contributed by atoms with van der Waals surface area (Å²) < 4.78 is 2.13. The minimum Gasteiger partial charge on any atom is -0.365 e. The number of rotatable bonds is 6. The molecule has 1 aromatic rings. The predicted molar refractivity (Wildman–Crippen MR) is 75.9 cm³/mol. The largest absolute Gasteiger partial charge is 0.365 e. The third-order valence-electron chi connectivity index (χ3n) is 3.50. The van der Waals surface area contributed by atoms with Gasteiger partial charge < -0.3 is 9.88 Å². The van der Waals surface area contributed by atoms with Gasteiger partial charge in [-0.05, 0) is 31.6 Å². The fourth-order valence-electron chi connectivity index (χ4n) is 2.24. The molecule has 1 atom stereocenters. The van der Waals surface area contributed by atoms with Gasteiger partial charge in [-0.3, -0.25) is 4.99 Å². The lowest BCUT2D eigenvalue weighted by molar-refractivity contribution is 0.603. The van der Waals surface area contributed by atoms with E-state index < -0.39 is 0 Å². The molecule has 5 heteroatoms. The van der Waals surface area contributed by atoms with Gasteiger partial charge in [-0.25, -0.2) is 4.98 Å². The molecule has 1 N–H and O–H groups in total. The van der Waals surface area contributed by atoms with Crippen molar-refractivity contribution in [3.8, 4) is 0 Å². The van der Waals surface area contributed by atoms with Crippen molar-refractivity contribution in [1.82, 2.24) is 14.9 Å². The van der Waals surface area contributed by atoms with Gasteiger partial charge in [-0.2, -0.15) is 0 Å². The van der Waals surface area contributed by atoms with Gasteiger partial charge in [-0.15, -0.1) is 0 Å². The summed E-state index contributed by atoms with van der Waals surface area (Å²) in [5.74, 6) is 0.958. The van der Waals surface area contributed by atoms with Crippen molar-refractivity contribution in [2.45, 2.75) is 37.5 Å². The number of thioether (sulfide) groups is 1. The van der Waals surface area contributed by atoms with Crippen LogP contribution in [0.2, 0.25) is 0 Å². The van der Waals surface area contributed by atoms with E-state index in [0.717, 1.165) is 30.8 Å². The number of imidazole rings is 1. The standard InChI is InChI=1S/C13H20N4S/c1(2-7-17-8-6-14-10-17)5-15-13-16-9-12(18-13)11-3-4-11/h6,8,10-12H,1-5,7,9H2,(H,15,16). The second kappa shape index (κ2) is 5.78. The first kappa shape index (κ1) is 12.1. The molecule has 3 rings (SSSR count). The second-order valence-electron chi connectivity index (χ2n) is 5.07. The zero-order valence-corrected chi connectivity index (χ0v) is 11.4. The van der Waals surface area contributed by atoms with Crippen LogP contribution in [-0.2, 0) is 6.54 Å². The molecular formula is C13H20N4S. The third-order valence-corrected chi connectivity index (χ3v) is 4.84. The van der Waals surface area contributed by atoms with E-state index in [9.17, 15) is 0 Å². The molecule has 1 aliphatic carbocycles. The van der Waals surface area contributed by atoms with E-state index in [2.05, 4.69) is 19.9 Å². The van der Waals surface area contributed by atoms with Crippen LogP contribution >= 0.6 is 11.8 Å². The van der Waals surface area contributed by atoms with E-state index in [1.54, 1.807) is 0 Å². The predicted octanol–water partition coefficient (Wildman–Crippen LogP) is 2.13. The van der Waals surface area contributed by atoms with E-state index >= 15 is 0 Å². The second-order valence-corrected chi connectivity index (χ2v) is 6.30. The summed E-state index contributed by atoms with van der Waals surface area (Å²) in [6, 6.07) is 0. The lowest BCUT2D eigenvalue weighted by Gasteiger charge is -2.07. The first-order valence-electron chi connectivity index (χ1n) is 6.82. The molecule has 1 saturated carbocycles. The number of unbranched alkanes of at least 4 members (excludes halogenated alkanes) is 1. The van der Waals surface area contributed by atoms with Gasteiger partial charge in [0.05, 0.1) is 12.9 Å². The van der Waals surface area contributed by atoms with Crippen molar-refractivity contribution >= 4 is 16.9 Å². The number of nitrogens with one attached hydrogen (secondary N) is 1. The van der Waals surface area contributed by atoms with Crippen LogP contribution in [0.15, 0.2) is 23.7 Å². The van der Waals surface area contributed by atoms with Crippen molar-refractivity contribution < 1.29 is 0 Å². The van der Waals surface area contributed by atoms with Crippen molar-refractivity contribution in [1.29, 1.82) is 0 Å². The Morgan fingerprint density at radius 1 is 1.39 bits per heavy atom. The highest BCUT2D eigenvalue weighted by molar-refractivity contribution is 8.14. The molecule has 1 fully saturated rings. The minimum absolute atomic E-state index is 0.776. The summed E-state index contributed by atoms with van der Waals surface area (Å²) >= 11 is 1.96. The molecule has 0 aromatic carbocycles. The van der Waals surface area contributed by atoms with Crippen LogP contribution in [0.5, 0.6) is 0 Å². The Balaban J connectivity index is 1.26. The zero-order valence-electron chi connectivity index (χ0n) is 10.6. The average molecular weight is 264 g/mol. The summed E-state index contributed by atoms with van der Waals surface area (Å²) in [5, 5.41) is 5.41. The number of nitrogens with zero attached hydrogens (tertiary/aromatic N) is 3. The molecule has 0 spiro atoms. The van der Waals surface area contributed by atoms with Crippen molar-refractivity contribution in [2.75, 3.05) is 13.1 Å². The lowest BCUT2D eigenvalue weighted by atomic mass is 10.3. The number of hydrogen-bond acceptors (Lipinski definition) is 4. The van der Waals surface area contributed by atoms with Crippen molar-refractivity contribution in [3.05, 3.63) is 18.7 Å². The van der Waals surface area contributed by atoms with Gasteiger partial charge >= 0.3 is 0 Å². The van der Waals surface area contributed by atoms with Gasteiger partial charge in [0.15, 0.2) is 5.17 Å². The Labute approximate surface area is 112 Å². The van der Waals surface area contributed by atoms with Crippen LogP contribution in [0.3, 0.4) is 0 Å². The number of amidine groups is 1. The van der Waals surface area contributed by atoms with Gasteiger partial charge in [0, 0.05) is 30.7 Å². The molecule has 1 unspecified atom stereocenters. The first-order chi connectivity index (χ1) is 8.92. The molecule has 0 amide bonds. The molecule has 1 aromatic heterocycles. The fourth-order valence-corrected chi connectivity index (χ4v) is 3.47. The van der Waals surface area contributed by atoms with E-state index in [1.807, 2.05) is 30.5 Å². The van der Waals surface area contributed by atoms with Crippen molar-refractivity contribution in [3.63, 3.8) is 0 Å². The highest BCUT2D eigenvalue weighted by Gasteiger charge is 2.35. The normalized spacial score (nSPS) is 23.1. The van der Waals surface area contributed by atoms with Crippen LogP contribution in [0.1, 0.15) is 25.7 Å². The summed E-state index contributed by atoms with van der Waals surface area (Å²) in [6.07, 6.45) is 10.9. The maximum Gasteiger partial charge on any atom is 0.156 e. The lowest BCUT2D eigenvalue weighted by Crippen LogP contribution is -2.21. The molecular weight excluding hydrogens is 244 g/mol. The Hall–Kier alpha value is -0.970. The van der Waals surface area contributed by atoms with Gasteiger partial charge in [-0.1, -0.05) is 11.8 Å². The summed E-state index contributed by atoms with van der Waals surface area (Å²) in [4.78, 5) is 8.62. The number of aromatic nitrogens is 2. The van der Waals surface area contributed by atoms with Gasteiger partial charge in [0.1, 0.15) is 0 Å². The Morgan fingerprint density at radius 2 is 2.33 bits per heavy atom. The zero-order chi connectivity index (χ0) is 12.2. The van der Waals surface area contributed by atoms with E-state index in [1.165, 1.54) is 30.9 Å². The maximum absolute atomic E-state index is 4.58. The smallest absolute Gasteiger partial charge is 0.156 e. The summed E-state index contributed by atoms with van der Waals surface area (Å²) in [7, 11) is 0. The molecule has 2 aliphatic rings. The topological polar surface area (TPSA) is 42.2 Å². The van der Waals surface area contributed by atoms with E-state index in [0.29, 0.717) is 0 Å². The Morgan fingerprint density at radius 3 is 3.11 bits per heavy atom. The number of hydrogen-bond donors (Lipinski definition) is 1. The summed E-state index contributed by atoms with van der Waals surface area (Å²) in [6.45, 7) is 3.14. The molecule has 4 nitrogen and oxygen atoms in total. The molecule has 0 bridgehead atoms. The summed E-state index contributed by atoms with van der Waals surface area (Å²) in [5.41, 5.74) is 0. The van der Waals surface area contributed by atoms with Crippen LogP contribution in [-0.4, -0.2) is 33.1 Å². The molecule has 2 heterocycles. The maximum atomic E-state index is 4.58. The van der Waals surface area contributed by atoms with Crippen LogP contribution < -0.4 is 5.32 Å². The van der Waals surface area contributed by atoms with Crippen LogP contribution in [0.25, 0.3) is 0 Å². The minimum atomic E-state index is 0.776. The number of aliphatic imine (C=N–C) groups is 1. The Kier molecular flexibility index (Phi) is 3.88. The quantitative estimate of drug-likeness (QED) is 0.800. The monoisotopic (exact) mass is 264 g/mol. The van der Waals surface area contributed by atoms with E-state index in [4.69, 9.17) is 0 Å². The van der Waals surface area contributed by atoms with Crippen LogP contribution in [0, 0.1) is 5.92 Å². The average Bonchev–Trinajstić information content (AvgIpc) is 2.92. The molecule has 18 heavy (non-hydrogen) atoms. The number of aryl methyl sites for hydroxylation is 1. The third kappa shape index (κ3) is 3.28. The Bertz CT molecular complexity index is 397. The molecule has 98 valence electrons. The highest BCUT2D eigenvalue weighted by Crippen LogP contribution is 2.41. The first-order valence-corrected chi connectivity index (χ1v) is 7.70. The molecule has 0 radical (unpaired) electrons. The van der Waals surface area contributed by atoms with Crippen molar-refractivity contribution in [2.24, 2.45) is 10.9 Å². The highest BCUT2D eigenvalue weighted by atomic mass is 32.2. The SMILES string of the molecule is c1cn(CCCCNC2=NCC(C3CC3)S2)cn1. The fraction of sp³-hybridized carbons (Fsp3) is 0.692. The molecule has 1 aliphatic heterocycles.